The van der Waals surface area contributed by atoms with E-state index in [-0.39, 0.29) is 12.4 Å². The maximum Gasteiger partial charge on any atom is 0.137 e. The Hall–Kier alpha value is -0.410. The molecule has 1 rings (SSSR count). The number of aliphatic hydroxyl groups is 1. The quantitative estimate of drug-likeness (QED) is 0.831. The highest BCUT2D eigenvalue weighted by Gasteiger charge is 2.05. The van der Waals surface area contributed by atoms with Crippen molar-refractivity contribution >= 4 is 15.9 Å². The number of benzene rings is 1. The maximum absolute atomic E-state index is 13.0. The molecule has 0 atom stereocenters. The van der Waals surface area contributed by atoms with Crippen LogP contribution >= 0.6 is 15.9 Å². The van der Waals surface area contributed by atoms with E-state index in [0.717, 1.165) is 11.1 Å². The smallest absolute Gasteiger partial charge is 0.137 e. The number of rotatable bonds is 2. The molecule has 0 bridgehead atoms. The van der Waals surface area contributed by atoms with E-state index in [1.807, 2.05) is 13.0 Å². The average Bonchev–Trinajstić information content (AvgIpc) is 2.00. The van der Waals surface area contributed by atoms with Crippen LogP contribution in [0.3, 0.4) is 0 Å². The minimum atomic E-state index is -0.265. The Labute approximate surface area is 79.4 Å². The van der Waals surface area contributed by atoms with Crippen molar-refractivity contribution in [2.24, 2.45) is 0 Å². The molecule has 66 valence electrons. The summed E-state index contributed by atoms with van der Waals surface area (Å²) in [6.07, 6.45) is 0.485. The van der Waals surface area contributed by atoms with Crippen LogP contribution in [0.1, 0.15) is 11.1 Å². The topological polar surface area (TPSA) is 20.2 Å². The van der Waals surface area contributed by atoms with E-state index in [0.29, 0.717) is 10.9 Å². The Kier molecular flexibility index (Phi) is 3.23. The lowest BCUT2D eigenvalue weighted by atomic mass is 10.1. The van der Waals surface area contributed by atoms with E-state index in [9.17, 15) is 4.39 Å². The Bertz CT molecular complexity index is 286. The van der Waals surface area contributed by atoms with Crippen LogP contribution in [0.5, 0.6) is 0 Å². The minimum Gasteiger partial charge on any atom is -0.396 e. The van der Waals surface area contributed by atoms with Crippen molar-refractivity contribution in [3.63, 3.8) is 0 Å². The van der Waals surface area contributed by atoms with Crippen LogP contribution in [0.2, 0.25) is 0 Å². The lowest BCUT2D eigenvalue weighted by molar-refractivity contribution is 0.299. The summed E-state index contributed by atoms with van der Waals surface area (Å²) in [5, 5.41) is 8.68. The molecule has 0 aliphatic heterocycles. The molecule has 0 fully saturated rings. The minimum absolute atomic E-state index is 0.0431. The number of hydrogen-bond acceptors (Lipinski definition) is 1. The first-order valence-electron chi connectivity index (χ1n) is 3.70. The molecule has 1 nitrogen and oxygen atoms in total. The van der Waals surface area contributed by atoms with Gasteiger partial charge in [-0.15, -0.1) is 0 Å². The van der Waals surface area contributed by atoms with Crippen molar-refractivity contribution in [3.8, 4) is 0 Å². The standard InChI is InChI=1S/C9H10BrFO/c1-6-4-7(2-3-12)9(10)8(11)5-6/h4-5,12H,2-3H2,1H3. The van der Waals surface area contributed by atoms with Crippen molar-refractivity contribution < 1.29 is 9.50 Å². The zero-order valence-corrected chi connectivity index (χ0v) is 8.36. The summed E-state index contributed by atoms with van der Waals surface area (Å²) in [5.41, 5.74) is 1.69. The maximum atomic E-state index is 13.0. The monoisotopic (exact) mass is 232 g/mol. The summed E-state index contributed by atoms with van der Waals surface area (Å²) in [7, 11) is 0. The van der Waals surface area contributed by atoms with Crippen LogP contribution < -0.4 is 0 Å². The van der Waals surface area contributed by atoms with Gasteiger partial charge in [-0.2, -0.15) is 0 Å². The van der Waals surface area contributed by atoms with Crippen LogP contribution in [-0.4, -0.2) is 11.7 Å². The Morgan fingerprint density at radius 3 is 2.75 bits per heavy atom. The van der Waals surface area contributed by atoms with Gasteiger partial charge in [-0.1, -0.05) is 6.07 Å². The second-order valence-corrected chi connectivity index (χ2v) is 3.49. The van der Waals surface area contributed by atoms with Crippen molar-refractivity contribution in [2.75, 3.05) is 6.61 Å². The van der Waals surface area contributed by atoms with E-state index in [1.165, 1.54) is 6.07 Å². The van der Waals surface area contributed by atoms with Crippen molar-refractivity contribution in [1.29, 1.82) is 0 Å². The lowest BCUT2D eigenvalue weighted by Gasteiger charge is -2.04. The molecule has 0 aromatic heterocycles. The highest BCUT2D eigenvalue weighted by atomic mass is 79.9. The molecule has 0 amide bonds. The summed E-state index contributed by atoms with van der Waals surface area (Å²) in [6, 6.07) is 3.33. The van der Waals surface area contributed by atoms with Gasteiger partial charge in [0.1, 0.15) is 5.82 Å². The summed E-state index contributed by atoms with van der Waals surface area (Å²) < 4.78 is 13.5. The molecule has 0 saturated carbocycles. The fraction of sp³-hybridized carbons (Fsp3) is 0.333. The zero-order chi connectivity index (χ0) is 9.14. The molecular formula is C9H10BrFO. The molecule has 0 aliphatic rings. The van der Waals surface area contributed by atoms with Gasteiger partial charge in [0, 0.05) is 6.61 Å². The summed E-state index contributed by atoms with van der Waals surface area (Å²) in [5.74, 6) is -0.265. The van der Waals surface area contributed by atoms with E-state index >= 15 is 0 Å². The van der Waals surface area contributed by atoms with Gasteiger partial charge in [-0.05, 0) is 46.5 Å². The van der Waals surface area contributed by atoms with E-state index in [2.05, 4.69) is 15.9 Å². The third-order valence-corrected chi connectivity index (χ3v) is 2.52. The predicted octanol–water partition coefficient (Wildman–Crippen LogP) is 2.43. The molecule has 0 unspecified atom stereocenters. The van der Waals surface area contributed by atoms with Gasteiger partial charge in [-0.3, -0.25) is 0 Å². The van der Waals surface area contributed by atoms with Crippen LogP contribution in [0.25, 0.3) is 0 Å². The SMILES string of the molecule is Cc1cc(F)c(Br)c(CCO)c1. The highest BCUT2D eigenvalue weighted by Crippen LogP contribution is 2.22. The molecule has 3 heteroatoms. The summed E-state index contributed by atoms with van der Waals surface area (Å²) in [4.78, 5) is 0. The molecule has 0 aliphatic carbocycles. The van der Waals surface area contributed by atoms with Gasteiger partial charge in [0.15, 0.2) is 0 Å². The zero-order valence-electron chi connectivity index (χ0n) is 6.77. The van der Waals surface area contributed by atoms with Gasteiger partial charge < -0.3 is 5.11 Å². The largest absolute Gasteiger partial charge is 0.396 e. The fourth-order valence-corrected chi connectivity index (χ4v) is 1.53. The van der Waals surface area contributed by atoms with Crippen LogP contribution in [0.15, 0.2) is 16.6 Å². The number of aryl methyl sites for hydroxylation is 1. The first-order chi connectivity index (χ1) is 5.65. The van der Waals surface area contributed by atoms with Crippen LogP contribution in [0.4, 0.5) is 4.39 Å². The Balaban J connectivity index is 3.09. The fourth-order valence-electron chi connectivity index (χ4n) is 1.10. The summed E-state index contributed by atoms with van der Waals surface area (Å²) in [6.45, 7) is 1.87. The van der Waals surface area contributed by atoms with Crippen LogP contribution in [0, 0.1) is 12.7 Å². The number of hydrogen-bond donors (Lipinski definition) is 1. The second-order valence-electron chi connectivity index (χ2n) is 2.69. The van der Waals surface area contributed by atoms with Crippen molar-refractivity contribution in [1.82, 2.24) is 0 Å². The second kappa shape index (κ2) is 4.01. The molecule has 0 radical (unpaired) electrons. The normalized spacial score (nSPS) is 10.3. The highest BCUT2D eigenvalue weighted by molar-refractivity contribution is 9.10. The van der Waals surface area contributed by atoms with Gasteiger partial charge >= 0.3 is 0 Å². The first-order valence-corrected chi connectivity index (χ1v) is 4.50. The van der Waals surface area contributed by atoms with Gasteiger partial charge in [-0.25, -0.2) is 4.39 Å². The predicted molar refractivity (Wildman–Crippen MR) is 49.6 cm³/mol. The van der Waals surface area contributed by atoms with Gasteiger partial charge in [0.25, 0.3) is 0 Å². The van der Waals surface area contributed by atoms with Crippen LogP contribution in [-0.2, 0) is 6.42 Å². The lowest BCUT2D eigenvalue weighted by Crippen LogP contribution is -1.95. The third-order valence-electron chi connectivity index (χ3n) is 1.63. The average molecular weight is 233 g/mol. The van der Waals surface area contributed by atoms with E-state index in [4.69, 9.17) is 5.11 Å². The number of halogens is 2. The molecule has 0 spiro atoms. The Morgan fingerprint density at radius 2 is 2.17 bits per heavy atom. The van der Waals surface area contributed by atoms with Crippen molar-refractivity contribution in [3.05, 3.63) is 33.5 Å². The van der Waals surface area contributed by atoms with E-state index in [1.54, 1.807) is 0 Å². The molecular weight excluding hydrogens is 223 g/mol. The molecule has 1 N–H and O–H groups in total. The van der Waals surface area contributed by atoms with Gasteiger partial charge in [0.05, 0.1) is 4.47 Å². The molecule has 1 aromatic rings. The molecule has 0 saturated heterocycles. The first kappa shape index (κ1) is 9.68. The number of aliphatic hydroxyl groups excluding tert-OH is 1. The van der Waals surface area contributed by atoms with E-state index < -0.39 is 0 Å². The van der Waals surface area contributed by atoms with Crippen molar-refractivity contribution in [2.45, 2.75) is 13.3 Å². The summed E-state index contributed by atoms with van der Waals surface area (Å²) >= 11 is 3.13. The molecule has 1 aromatic carbocycles. The van der Waals surface area contributed by atoms with Gasteiger partial charge in [0.2, 0.25) is 0 Å². The third kappa shape index (κ3) is 2.05. The molecule has 12 heavy (non-hydrogen) atoms. The molecule has 0 heterocycles. The Morgan fingerprint density at radius 1 is 1.50 bits per heavy atom.